The number of nitrogens with zero attached hydrogens (tertiary/aromatic N) is 1. The van der Waals surface area contributed by atoms with Gasteiger partial charge in [0.25, 0.3) is 5.91 Å². The number of benzene rings is 2. The van der Waals surface area contributed by atoms with Gasteiger partial charge in [-0.3, -0.25) is 4.79 Å². The zero-order valence-electron chi connectivity index (χ0n) is 10.8. The van der Waals surface area contributed by atoms with Crippen LogP contribution in [0.4, 0.5) is 10.1 Å². The number of ether oxygens (including phenoxy) is 1. The normalized spacial score (nSPS) is 13.9. The SMILES string of the molecule is O=C1COc2ccc(I)cc2N1Cc1c(F)cccc1Cl. The standard InChI is InChI=1S/C15H10ClFINO2/c16-11-2-1-3-12(17)10(11)7-19-13-6-9(18)4-5-14(13)21-8-15(19)20/h1-6H,7-8H2. The molecule has 1 amide bonds. The highest BCUT2D eigenvalue weighted by Crippen LogP contribution is 2.35. The zero-order valence-corrected chi connectivity index (χ0v) is 13.7. The predicted octanol–water partition coefficient (Wildman–Crippen LogP) is 4.01. The van der Waals surface area contributed by atoms with Crippen LogP contribution in [-0.2, 0) is 11.3 Å². The van der Waals surface area contributed by atoms with Crippen molar-refractivity contribution < 1.29 is 13.9 Å². The molecule has 0 bridgehead atoms. The molecule has 2 aromatic rings. The van der Waals surface area contributed by atoms with Gasteiger partial charge in [0, 0.05) is 14.2 Å². The second-order valence-electron chi connectivity index (χ2n) is 4.58. The summed E-state index contributed by atoms with van der Waals surface area (Å²) >= 11 is 8.20. The van der Waals surface area contributed by atoms with Gasteiger partial charge in [0.05, 0.1) is 12.2 Å². The minimum atomic E-state index is -0.422. The van der Waals surface area contributed by atoms with Crippen LogP contribution < -0.4 is 9.64 Å². The van der Waals surface area contributed by atoms with Crippen LogP contribution in [0, 0.1) is 9.39 Å². The van der Waals surface area contributed by atoms with Gasteiger partial charge in [-0.2, -0.15) is 0 Å². The van der Waals surface area contributed by atoms with Crippen molar-refractivity contribution in [1.29, 1.82) is 0 Å². The molecule has 0 atom stereocenters. The molecule has 0 N–H and O–H groups in total. The van der Waals surface area contributed by atoms with E-state index in [-0.39, 0.29) is 19.1 Å². The number of amides is 1. The molecule has 3 nitrogen and oxygen atoms in total. The first-order chi connectivity index (χ1) is 10.1. The Labute approximate surface area is 139 Å². The van der Waals surface area contributed by atoms with E-state index in [1.54, 1.807) is 18.2 Å². The molecule has 0 spiro atoms. The fourth-order valence-electron chi connectivity index (χ4n) is 2.19. The number of fused-ring (bicyclic) bond motifs is 1. The van der Waals surface area contributed by atoms with Gasteiger partial charge in [-0.25, -0.2) is 4.39 Å². The molecule has 0 fully saturated rings. The number of hydrogen-bond acceptors (Lipinski definition) is 2. The Bertz CT molecular complexity index is 703. The average molecular weight is 418 g/mol. The minimum absolute atomic E-state index is 0.0559. The molecule has 3 rings (SSSR count). The Hall–Kier alpha value is -1.34. The Morgan fingerprint density at radius 3 is 2.90 bits per heavy atom. The summed E-state index contributed by atoms with van der Waals surface area (Å²) < 4.78 is 20.3. The van der Waals surface area contributed by atoms with Crippen LogP contribution in [0.3, 0.4) is 0 Å². The van der Waals surface area contributed by atoms with E-state index in [2.05, 4.69) is 22.6 Å². The molecule has 21 heavy (non-hydrogen) atoms. The fourth-order valence-corrected chi connectivity index (χ4v) is 2.89. The van der Waals surface area contributed by atoms with Crippen LogP contribution in [0.2, 0.25) is 5.02 Å². The molecule has 0 saturated heterocycles. The first-order valence-electron chi connectivity index (χ1n) is 6.22. The zero-order chi connectivity index (χ0) is 15.0. The van der Waals surface area contributed by atoms with Crippen molar-refractivity contribution in [3.05, 3.63) is 56.4 Å². The Balaban J connectivity index is 2.03. The lowest BCUT2D eigenvalue weighted by molar-refractivity contribution is -0.121. The van der Waals surface area contributed by atoms with Gasteiger partial charge in [-0.05, 0) is 52.9 Å². The number of hydrogen-bond donors (Lipinski definition) is 0. The summed E-state index contributed by atoms with van der Waals surface area (Å²) in [5, 5.41) is 0.307. The van der Waals surface area contributed by atoms with Gasteiger partial charge in [0.1, 0.15) is 11.6 Å². The van der Waals surface area contributed by atoms with E-state index in [1.165, 1.54) is 11.0 Å². The van der Waals surface area contributed by atoms with Crippen LogP contribution >= 0.6 is 34.2 Å². The summed E-state index contributed by atoms with van der Waals surface area (Å²) in [6, 6.07) is 10.0. The van der Waals surface area contributed by atoms with Crippen LogP contribution in [0.1, 0.15) is 5.56 Å². The van der Waals surface area contributed by atoms with Crippen molar-refractivity contribution in [2.24, 2.45) is 0 Å². The van der Waals surface area contributed by atoms with E-state index in [4.69, 9.17) is 16.3 Å². The maximum absolute atomic E-state index is 13.9. The topological polar surface area (TPSA) is 29.5 Å². The molecule has 1 aliphatic rings. The first-order valence-corrected chi connectivity index (χ1v) is 7.67. The molecule has 6 heteroatoms. The first kappa shape index (κ1) is 14.6. The third kappa shape index (κ3) is 2.85. The molecule has 0 aromatic heterocycles. The highest BCUT2D eigenvalue weighted by Gasteiger charge is 2.27. The van der Waals surface area contributed by atoms with Crippen molar-refractivity contribution in [2.45, 2.75) is 6.54 Å². The summed E-state index contributed by atoms with van der Waals surface area (Å²) in [5.74, 6) is -0.0275. The molecular formula is C15H10ClFINO2. The van der Waals surface area contributed by atoms with Gasteiger partial charge in [-0.15, -0.1) is 0 Å². The number of rotatable bonds is 2. The Morgan fingerprint density at radius 1 is 1.33 bits per heavy atom. The van der Waals surface area contributed by atoms with E-state index in [0.717, 1.165) is 3.57 Å². The van der Waals surface area contributed by atoms with Gasteiger partial charge < -0.3 is 9.64 Å². The maximum atomic E-state index is 13.9. The maximum Gasteiger partial charge on any atom is 0.265 e. The monoisotopic (exact) mass is 417 g/mol. The highest BCUT2D eigenvalue weighted by molar-refractivity contribution is 14.1. The van der Waals surface area contributed by atoms with Crippen LogP contribution in [0.25, 0.3) is 0 Å². The molecule has 0 radical (unpaired) electrons. The van der Waals surface area contributed by atoms with Crippen molar-refractivity contribution in [2.75, 3.05) is 11.5 Å². The lowest BCUT2D eigenvalue weighted by atomic mass is 10.1. The van der Waals surface area contributed by atoms with E-state index in [0.29, 0.717) is 22.0 Å². The number of carbonyl (C=O) groups is 1. The van der Waals surface area contributed by atoms with E-state index >= 15 is 0 Å². The summed E-state index contributed by atoms with van der Waals surface area (Å²) in [5.41, 5.74) is 0.941. The van der Waals surface area contributed by atoms with Crippen LogP contribution in [0.15, 0.2) is 36.4 Å². The molecule has 0 unspecified atom stereocenters. The van der Waals surface area contributed by atoms with Crippen LogP contribution in [0.5, 0.6) is 5.75 Å². The Kier molecular flexibility index (Phi) is 4.03. The van der Waals surface area contributed by atoms with E-state index in [9.17, 15) is 9.18 Å². The van der Waals surface area contributed by atoms with Crippen LogP contribution in [-0.4, -0.2) is 12.5 Å². The largest absolute Gasteiger partial charge is 0.482 e. The van der Waals surface area contributed by atoms with Crippen molar-refractivity contribution in [1.82, 2.24) is 0 Å². The van der Waals surface area contributed by atoms with Gasteiger partial charge in [0.2, 0.25) is 0 Å². The average Bonchev–Trinajstić information content (AvgIpc) is 2.45. The number of anilines is 1. The lowest BCUT2D eigenvalue weighted by Crippen LogP contribution is -2.38. The summed E-state index contributed by atoms with van der Waals surface area (Å²) in [6.07, 6.45) is 0. The smallest absolute Gasteiger partial charge is 0.265 e. The molecule has 0 aliphatic carbocycles. The number of carbonyl (C=O) groups excluding carboxylic acids is 1. The quantitative estimate of drug-likeness (QED) is 0.691. The summed E-state index contributed by atoms with van der Waals surface area (Å²) in [7, 11) is 0. The third-order valence-corrected chi connectivity index (χ3v) is 4.27. The number of halogens is 3. The van der Waals surface area contributed by atoms with Gasteiger partial charge in [-0.1, -0.05) is 17.7 Å². The molecule has 1 heterocycles. The molecule has 0 saturated carbocycles. The lowest BCUT2D eigenvalue weighted by Gasteiger charge is -2.30. The summed E-state index contributed by atoms with van der Waals surface area (Å²) in [4.78, 5) is 13.6. The van der Waals surface area contributed by atoms with Gasteiger partial charge >= 0.3 is 0 Å². The fraction of sp³-hybridized carbons (Fsp3) is 0.133. The van der Waals surface area contributed by atoms with Gasteiger partial charge in [0.15, 0.2) is 6.61 Å². The molecular weight excluding hydrogens is 408 g/mol. The van der Waals surface area contributed by atoms with Crippen molar-refractivity contribution in [3.8, 4) is 5.75 Å². The minimum Gasteiger partial charge on any atom is -0.482 e. The summed E-state index contributed by atoms with van der Waals surface area (Å²) in [6.45, 7) is 0.0282. The highest BCUT2D eigenvalue weighted by atomic mass is 127. The molecule has 108 valence electrons. The van der Waals surface area contributed by atoms with Crippen molar-refractivity contribution >= 4 is 45.8 Å². The molecule has 2 aromatic carbocycles. The van der Waals surface area contributed by atoms with E-state index < -0.39 is 5.82 Å². The second kappa shape index (κ2) is 5.81. The Morgan fingerprint density at radius 2 is 2.14 bits per heavy atom. The predicted molar refractivity (Wildman–Crippen MR) is 87.3 cm³/mol. The molecule has 1 aliphatic heterocycles. The second-order valence-corrected chi connectivity index (χ2v) is 6.23. The van der Waals surface area contributed by atoms with Crippen molar-refractivity contribution in [3.63, 3.8) is 0 Å². The van der Waals surface area contributed by atoms with E-state index in [1.807, 2.05) is 12.1 Å². The third-order valence-electron chi connectivity index (χ3n) is 3.24.